The molecule has 1 aliphatic rings. The maximum absolute atomic E-state index is 13.5. The summed E-state index contributed by atoms with van der Waals surface area (Å²) in [6.07, 6.45) is 4.11. The van der Waals surface area contributed by atoms with Crippen LogP contribution in [0.5, 0.6) is 17.2 Å². The third kappa shape index (κ3) is 5.99. The topological polar surface area (TPSA) is 121 Å². The molecule has 37 heavy (non-hydrogen) atoms. The van der Waals surface area contributed by atoms with Gasteiger partial charge in [-0.15, -0.1) is 10.2 Å². The molecule has 0 saturated heterocycles. The molecule has 196 valence electrons. The zero-order valence-electron chi connectivity index (χ0n) is 21.5. The van der Waals surface area contributed by atoms with Crippen molar-refractivity contribution in [3.63, 3.8) is 0 Å². The van der Waals surface area contributed by atoms with Gasteiger partial charge in [-0.3, -0.25) is 14.5 Å². The molecule has 0 spiro atoms. The van der Waals surface area contributed by atoms with Crippen LogP contribution in [0.4, 0.5) is 5.69 Å². The second-order valence-corrected chi connectivity index (χ2v) is 8.84. The predicted molar refractivity (Wildman–Crippen MR) is 137 cm³/mol. The van der Waals surface area contributed by atoms with E-state index in [1.165, 1.54) is 9.70 Å². The van der Waals surface area contributed by atoms with Crippen LogP contribution in [0.3, 0.4) is 0 Å². The van der Waals surface area contributed by atoms with E-state index in [4.69, 9.17) is 14.2 Å². The van der Waals surface area contributed by atoms with Crippen LogP contribution in [-0.2, 0) is 16.1 Å². The molecule has 3 aromatic rings. The fourth-order valence-electron chi connectivity index (χ4n) is 4.43. The molecule has 11 heteroatoms. The van der Waals surface area contributed by atoms with Crippen LogP contribution in [-0.4, -0.2) is 65.4 Å². The Balaban J connectivity index is 1.55. The quantitative estimate of drug-likeness (QED) is 0.444. The molecule has 1 heterocycles. The second kappa shape index (κ2) is 11.7. The SMILES string of the molecule is COc1ccc(N(C(=O)Cn2nnc(-c3ccc(OC)c(OC)c3)n2)[C@@H](C)C(=O)NC2CCCC2)cc1. The number of rotatable bonds is 10. The molecule has 2 amide bonds. The van der Waals surface area contributed by atoms with Crippen molar-refractivity contribution in [2.24, 2.45) is 0 Å². The number of carbonyl (C=O) groups is 2. The lowest BCUT2D eigenvalue weighted by Gasteiger charge is -2.29. The molecule has 1 saturated carbocycles. The molecule has 0 unspecified atom stereocenters. The van der Waals surface area contributed by atoms with Crippen LogP contribution >= 0.6 is 0 Å². The number of anilines is 1. The predicted octanol–water partition coefficient (Wildman–Crippen LogP) is 2.85. The van der Waals surface area contributed by atoms with Gasteiger partial charge in [-0.1, -0.05) is 12.8 Å². The summed E-state index contributed by atoms with van der Waals surface area (Å²) in [6, 6.07) is 11.7. The van der Waals surface area contributed by atoms with Gasteiger partial charge in [-0.2, -0.15) is 4.80 Å². The number of ether oxygens (including phenoxy) is 3. The molecule has 11 nitrogen and oxygen atoms in total. The molecule has 1 N–H and O–H groups in total. The van der Waals surface area contributed by atoms with Gasteiger partial charge < -0.3 is 19.5 Å². The molecule has 1 fully saturated rings. The molecule has 2 aromatic carbocycles. The summed E-state index contributed by atoms with van der Waals surface area (Å²) in [5.74, 6) is 1.53. The zero-order chi connectivity index (χ0) is 26.4. The largest absolute Gasteiger partial charge is 0.497 e. The van der Waals surface area contributed by atoms with Gasteiger partial charge in [-0.05, 0) is 67.4 Å². The lowest BCUT2D eigenvalue weighted by Crippen LogP contribution is -2.51. The Morgan fingerprint density at radius 1 is 1.03 bits per heavy atom. The van der Waals surface area contributed by atoms with E-state index in [2.05, 4.69) is 20.7 Å². The van der Waals surface area contributed by atoms with Crippen LogP contribution in [0, 0.1) is 0 Å². The van der Waals surface area contributed by atoms with E-state index >= 15 is 0 Å². The molecule has 1 atom stereocenters. The van der Waals surface area contributed by atoms with E-state index in [0.717, 1.165) is 25.7 Å². The smallest absolute Gasteiger partial charge is 0.251 e. The van der Waals surface area contributed by atoms with Crippen molar-refractivity contribution in [3.05, 3.63) is 42.5 Å². The number of nitrogens with zero attached hydrogens (tertiary/aromatic N) is 5. The van der Waals surface area contributed by atoms with E-state index in [0.29, 0.717) is 34.3 Å². The lowest BCUT2D eigenvalue weighted by atomic mass is 10.1. The summed E-state index contributed by atoms with van der Waals surface area (Å²) < 4.78 is 15.9. The van der Waals surface area contributed by atoms with Crippen molar-refractivity contribution >= 4 is 17.5 Å². The van der Waals surface area contributed by atoms with Crippen molar-refractivity contribution in [2.75, 3.05) is 26.2 Å². The summed E-state index contributed by atoms with van der Waals surface area (Å²) >= 11 is 0. The van der Waals surface area contributed by atoms with Crippen LogP contribution in [0.2, 0.25) is 0 Å². The normalized spacial score (nSPS) is 14.2. The molecule has 0 aliphatic heterocycles. The average molecular weight is 509 g/mol. The second-order valence-electron chi connectivity index (χ2n) is 8.84. The maximum atomic E-state index is 13.5. The minimum absolute atomic E-state index is 0.142. The van der Waals surface area contributed by atoms with E-state index < -0.39 is 6.04 Å². The van der Waals surface area contributed by atoms with E-state index in [9.17, 15) is 9.59 Å². The zero-order valence-corrected chi connectivity index (χ0v) is 21.5. The van der Waals surface area contributed by atoms with E-state index in [-0.39, 0.29) is 24.4 Å². The number of amides is 2. The minimum atomic E-state index is -0.740. The van der Waals surface area contributed by atoms with Gasteiger partial charge in [0.2, 0.25) is 11.7 Å². The molecule has 1 aromatic heterocycles. The van der Waals surface area contributed by atoms with Crippen LogP contribution < -0.4 is 24.4 Å². The highest BCUT2D eigenvalue weighted by atomic mass is 16.5. The van der Waals surface area contributed by atoms with Crippen molar-refractivity contribution in [1.82, 2.24) is 25.5 Å². The van der Waals surface area contributed by atoms with Crippen LogP contribution in [0.1, 0.15) is 32.6 Å². The first kappa shape index (κ1) is 25.9. The van der Waals surface area contributed by atoms with E-state index in [1.807, 2.05) is 0 Å². The number of benzene rings is 2. The number of methoxy groups -OCH3 is 3. The minimum Gasteiger partial charge on any atom is -0.497 e. The summed E-state index contributed by atoms with van der Waals surface area (Å²) in [5, 5.41) is 15.6. The van der Waals surface area contributed by atoms with Crippen molar-refractivity contribution < 1.29 is 23.8 Å². The maximum Gasteiger partial charge on any atom is 0.251 e. The van der Waals surface area contributed by atoms with Crippen molar-refractivity contribution in [1.29, 1.82) is 0 Å². The van der Waals surface area contributed by atoms with Gasteiger partial charge in [0.25, 0.3) is 5.91 Å². The summed E-state index contributed by atoms with van der Waals surface area (Å²) in [5.41, 5.74) is 1.23. The molecule has 0 radical (unpaired) electrons. The summed E-state index contributed by atoms with van der Waals surface area (Å²) in [6.45, 7) is 1.52. The standard InChI is InChI=1S/C26H32N6O5/c1-17(26(34)27-19-7-5-6-8-19)32(20-10-12-21(35-2)13-11-20)24(33)16-31-29-25(28-30-31)18-9-14-22(36-3)23(15-18)37-4/h9-15,17,19H,5-8,16H2,1-4H3,(H,27,34)/t17-/m0/s1. The highest BCUT2D eigenvalue weighted by Crippen LogP contribution is 2.31. The number of carbonyl (C=O) groups excluding carboxylic acids is 2. The number of tetrazole rings is 1. The van der Waals surface area contributed by atoms with Gasteiger partial charge in [0.05, 0.1) is 21.3 Å². The Hall–Kier alpha value is -4.15. The highest BCUT2D eigenvalue weighted by molar-refractivity contribution is 6.00. The van der Waals surface area contributed by atoms with Crippen molar-refractivity contribution in [2.45, 2.75) is 51.2 Å². The molecular weight excluding hydrogens is 476 g/mol. The van der Waals surface area contributed by atoms with Gasteiger partial charge in [0.15, 0.2) is 11.5 Å². The highest BCUT2D eigenvalue weighted by Gasteiger charge is 2.30. The van der Waals surface area contributed by atoms with Gasteiger partial charge in [-0.25, -0.2) is 0 Å². The number of nitrogens with one attached hydrogen (secondary N) is 1. The fourth-order valence-corrected chi connectivity index (χ4v) is 4.43. The molecular formula is C26H32N6O5. The molecule has 1 aliphatic carbocycles. The number of hydrogen-bond donors (Lipinski definition) is 1. The average Bonchev–Trinajstić information content (AvgIpc) is 3.61. The Labute approximate surface area is 215 Å². The Kier molecular flexibility index (Phi) is 8.22. The summed E-state index contributed by atoms with van der Waals surface area (Å²) in [7, 11) is 4.67. The summed E-state index contributed by atoms with van der Waals surface area (Å²) in [4.78, 5) is 29.3. The Bertz CT molecular complexity index is 1220. The van der Waals surface area contributed by atoms with Crippen LogP contribution in [0.25, 0.3) is 11.4 Å². The van der Waals surface area contributed by atoms with Gasteiger partial charge in [0, 0.05) is 17.3 Å². The van der Waals surface area contributed by atoms with Crippen molar-refractivity contribution in [3.8, 4) is 28.6 Å². The third-order valence-electron chi connectivity index (χ3n) is 6.46. The first-order valence-electron chi connectivity index (χ1n) is 12.2. The Morgan fingerprint density at radius 3 is 2.38 bits per heavy atom. The number of hydrogen-bond acceptors (Lipinski definition) is 8. The first-order chi connectivity index (χ1) is 17.9. The van der Waals surface area contributed by atoms with Crippen LogP contribution in [0.15, 0.2) is 42.5 Å². The van der Waals surface area contributed by atoms with E-state index in [1.54, 1.807) is 70.7 Å². The first-order valence-corrected chi connectivity index (χ1v) is 12.2. The molecule has 0 bridgehead atoms. The third-order valence-corrected chi connectivity index (χ3v) is 6.46. The Morgan fingerprint density at radius 2 is 1.73 bits per heavy atom. The molecule has 4 rings (SSSR count). The fraction of sp³-hybridized carbons (Fsp3) is 0.423. The van der Waals surface area contributed by atoms with Gasteiger partial charge in [0.1, 0.15) is 18.3 Å². The lowest BCUT2D eigenvalue weighted by molar-refractivity contribution is -0.127. The monoisotopic (exact) mass is 508 g/mol. The number of aromatic nitrogens is 4. The van der Waals surface area contributed by atoms with Gasteiger partial charge >= 0.3 is 0 Å².